The number of hydrogen-bond donors (Lipinski definition) is 0. The number of likely N-dealkylation sites (tertiary alicyclic amines) is 1. The van der Waals surface area contributed by atoms with Crippen molar-refractivity contribution in [1.29, 1.82) is 0 Å². The van der Waals surface area contributed by atoms with Gasteiger partial charge in [-0.3, -0.25) is 4.90 Å². The zero-order valence-electron chi connectivity index (χ0n) is 12.5. The Hall–Kier alpha value is -1.19. The molecule has 1 aliphatic rings. The van der Waals surface area contributed by atoms with Gasteiger partial charge in [-0.25, -0.2) is 4.98 Å². The topological polar surface area (TPSA) is 16.1 Å². The van der Waals surface area contributed by atoms with Crippen molar-refractivity contribution in [3.05, 3.63) is 41.0 Å². The highest BCUT2D eigenvalue weighted by Crippen LogP contribution is 2.35. The molecule has 0 atom stereocenters. The first-order valence-electron chi connectivity index (χ1n) is 7.46. The average Bonchev–Trinajstić information content (AvgIpc) is 2.86. The van der Waals surface area contributed by atoms with Crippen LogP contribution in [0.5, 0.6) is 0 Å². The maximum Gasteiger partial charge on any atom is 0.0987 e. The molecule has 0 amide bonds. The SMILES string of the molecule is CCc1cccc(-c2cnc(C3CN(C(C)C)C3)s2)c1. The summed E-state index contributed by atoms with van der Waals surface area (Å²) in [5, 5.41) is 1.30. The van der Waals surface area contributed by atoms with Gasteiger partial charge in [-0.1, -0.05) is 31.2 Å². The molecule has 1 fully saturated rings. The number of hydrogen-bond acceptors (Lipinski definition) is 3. The lowest BCUT2D eigenvalue weighted by molar-refractivity contribution is 0.110. The first kappa shape index (κ1) is 13.8. The fraction of sp³-hybridized carbons (Fsp3) is 0.471. The Morgan fingerprint density at radius 3 is 2.85 bits per heavy atom. The monoisotopic (exact) mass is 286 g/mol. The Bertz CT molecular complexity index is 582. The van der Waals surface area contributed by atoms with Gasteiger partial charge in [0.15, 0.2) is 0 Å². The molecule has 2 heterocycles. The zero-order chi connectivity index (χ0) is 14.1. The molecule has 1 aliphatic heterocycles. The van der Waals surface area contributed by atoms with Crippen LogP contribution in [0.3, 0.4) is 0 Å². The number of rotatable bonds is 4. The largest absolute Gasteiger partial charge is 0.299 e. The Morgan fingerprint density at radius 2 is 2.15 bits per heavy atom. The summed E-state index contributed by atoms with van der Waals surface area (Å²) in [7, 11) is 0. The van der Waals surface area contributed by atoms with Gasteiger partial charge in [-0.15, -0.1) is 11.3 Å². The number of aryl methyl sites for hydroxylation is 1. The molecular weight excluding hydrogens is 264 g/mol. The predicted octanol–water partition coefficient (Wildman–Crippen LogP) is 4.18. The molecule has 0 aliphatic carbocycles. The van der Waals surface area contributed by atoms with Gasteiger partial charge in [0.25, 0.3) is 0 Å². The minimum atomic E-state index is 0.644. The third kappa shape index (κ3) is 2.65. The maximum atomic E-state index is 4.66. The smallest absolute Gasteiger partial charge is 0.0987 e. The van der Waals surface area contributed by atoms with Crippen LogP contribution in [-0.2, 0) is 6.42 Å². The van der Waals surface area contributed by atoms with E-state index in [9.17, 15) is 0 Å². The molecule has 1 saturated heterocycles. The summed E-state index contributed by atoms with van der Waals surface area (Å²) >= 11 is 1.87. The Balaban J connectivity index is 1.74. The van der Waals surface area contributed by atoms with Crippen molar-refractivity contribution < 1.29 is 0 Å². The van der Waals surface area contributed by atoms with Gasteiger partial charge in [-0.05, 0) is 31.4 Å². The minimum absolute atomic E-state index is 0.644. The number of thiazole rings is 1. The molecule has 0 radical (unpaired) electrons. The summed E-state index contributed by atoms with van der Waals surface area (Å²) in [6, 6.07) is 9.48. The second-order valence-corrected chi connectivity index (χ2v) is 6.92. The summed E-state index contributed by atoms with van der Waals surface area (Å²) < 4.78 is 0. The fourth-order valence-electron chi connectivity index (χ4n) is 2.64. The fourth-order valence-corrected chi connectivity index (χ4v) is 3.64. The lowest BCUT2D eigenvalue weighted by atomic mass is 9.99. The molecule has 2 nitrogen and oxygen atoms in total. The number of nitrogens with zero attached hydrogens (tertiary/aromatic N) is 2. The molecule has 0 N–H and O–H groups in total. The molecule has 0 unspecified atom stereocenters. The van der Waals surface area contributed by atoms with Gasteiger partial charge in [0.1, 0.15) is 0 Å². The van der Waals surface area contributed by atoms with E-state index < -0.39 is 0 Å². The first-order valence-corrected chi connectivity index (χ1v) is 8.28. The van der Waals surface area contributed by atoms with Gasteiger partial charge < -0.3 is 0 Å². The van der Waals surface area contributed by atoms with E-state index >= 15 is 0 Å². The van der Waals surface area contributed by atoms with Gasteiger partial charge in [0, 0.05) is 31.2 Å². The van der Waals surface area contributed by atoms with Crippen LogP contribution in [0.2, 0.25) is 0 Å². The molecule has 3 rings (SSSR count). The molecule has 1 aromatic carbocycles. The van der Waals surface area contributed by atoms with Crippen molar-refractivity contribution >= 4 is 11.3 Å². The molecule has 3 heteroatoms. The van der Waals surface area contributed by atoms with E-state index in [0.29, 0.717) is 12.0 Å². The number of aromatic nitrogens is 1. The molecule has 0 bridgehead atoms. The summed E-state index contributed by atoms with van der Waals surface area (Å²) in [5.74, 6) is 0.644. The Morgan fingerprint density at radius 1 is 1.35 bits per heavy atom. The molecule has 20 heavy (non-hydrogen) atoms. The lowest BCUT2D eigenvalue weighted by Gasteiger charge is -2.41. The van der Waals surface area contributed by atoms with Crippen LogP contribution in [-0.4, -0.2) is 29.0 Å². The first-order chi connectivity index (χ1) is 9.67. The summed E-state index contributed by atoms with van der Waals surface area (Å²) in [4.78, 5) is 8.46. The van der Waals surface area contributed by atoms with Crippen molar-refractivity contribution in [2.75, 3.05) is 13.1 Å². The third-order valence-corrected chi connectivity index (χ3v) is 5.34. The highest BCUT2D eigenvalue weighted by atomic mass is 32.1. The minimum Gasteiger partial charge on any atom is -0.299 e. The van der Waals surface area contributed by atoms with E-state index in [-0.39, 0.29) is 0 Å². The Kier molecular flexibility index (Phi) is 3.90. The van der Waals surface area contributed by atoms with Gasteiger partial charge in [0.05, 0.1) is 9.88 Å². The number of benzene rings is 1. The van der Waals surface area contributed by atoms with Gasteiger partial charge in [0.2, 0.25) is 0 Å². The van der Waals surface area contributed by atoms with Crippen molar-refractivity contribution in [2.45, 2.75) is 39.2 Å². The van der Waals surface area contributed by atoms with E-state index in [2.05, 4.69) is 54.9 Å². The van der Waals surface area contributed by atoms with Crippen LogP contribution >= 0.6 is 11.3 Å². The van der Waals surface area contributed by atoms with Crippen LogP contribution in [0.4, 0.5) is 0 Å². The van der Waals surface area contributed by atoms with Crippen LogP contribution in [0.25, 0.3) is 10.4 Å². The highest BCUT2D eigenvalue weighted by Gasteiger charge is 2.31. The van der Waals surface area contributed by atoms with Crippen LogP contribution in [0.15, 0.2) is 30.5 Å². The van der Waals surface area contributed by atoms with E-state index in [1.54, 1.807) is 0 Å². The third-order valence-electron chi connectivity index (χ3n) is 4.13. The van der Waals surface area contributed by atoms with Crippen LogP contribution in [0, 0.1) is 0 Å². The summed E-state index contributed by atoms with van der Waals surface area (Å²) in [6.45, 7) is 9.06. The van der Waals surface area contributed by atoms with E-state index in [1.807, 2.05) is 17.5 Å². The summed E-state index contributed by atoms with van der Waals surface area (Å²) in [6.07, 6.45) is 3.14. The van der Waals surface area contributed by atoms with E-state index in [4.69, 9.17) is 0 Å². The predicted molar refractivity (Wildman–Crippen MR) is 86.4 cm³/mol. The second kappa shape index (κ2) is 5.66. The second-order valence-electron chi connectivity index (χ2n) is 5.86. The molecule has 1 aromatic heterocycles. The van der Waals surface area contributed by atoms with Gasteiger partial charge >= 0.3 is 0 Å². The molecule has 106 valence electrons. The van der Waals surface area contributed by atoms with E-state index in [1.165, 1.54) is 34.1 Å². The van der Waals surface area contributed by atoms with Crippen molar-refractivity contribution in [1.82, 2.24) is 9.88 Å². The van der Waals surface area contributed by atoms with Crippen LogP contribution in [0.1, 0.15) is 37.3 Å². The highest BCUT2D eigenvalue weighted by molar-refractivity contribution is 7.15. The molecule has 0 saturated carbocycles. The van der Waals surface area contributed by atoms with Crippen molar-refractivity contribution in [3.8, 4) is 10.4 Å². The van der Waals surface area contributed by atoms with Crippen LogP contribution < -0.4 is 0 Å². The lowest BCUT2D eigenvalue weighted by Crippen LogP contribution is -2.48. The van der Waals surface area contributed by atoms with Crippen molar-refractivity contribution in [3.63, 3.8) is 0 Å². The summed E-state index contributed by atoms with van der Waals surface area (Å²) in [5.41, 5.74) is 2.71. The standard InChI is InChI=1S/C17H22N2S/c1-4-13-6-5-7-14(8-13)16-9-18-17(20-16)15-10-19(11-15)12(2)3/h5-9,12,15H,4,10-11H2,1-3H3. The quantitative estimate of drug-likeness (QED) is 0.838. The van der Waals surface area contributed by atoms with Gasteiger partial charge in [-0.2, -0.15) is 0 Å². The molecular formula is C17H22N2S. The normalized spacial score (nSPS) is 16.6. The molecule has 0 spiro atoms. The van der Waals surface area contributed by atoms with E-state index in [0.717, 1.165) is 6.42 Å². The van der Waals surface area contributed by atoms with Crippen molar-refractivity contribution in [2.24, 2.45) is 0 Å². The molecule has 2 aromatic rings. The maximum absolute atomic E-state index is 4.66. The zero-order valence-corrected chi connectivity index (χ0v) is 13.3. The average molecular weight is 286 g/mol. The Labute approximate surface area is 125 Å².